The van der Waals surface area contributed by atoms with Gasteiger partial charge in [-0.3, -0.25) is 0 Å². The number of anilines is 2. The van der Waals surface area contributed by atoms with Crippen LogP contribution in [0.4, 0.5) is 15.9 Å². The summed E-state index contributed by atoms with van der Waals surface area (Å²) in [4.78, 5) is 8.75. The van der Waals surface area contributed by atoms with E-state index in [0.717, 1.165) is 37.2 Å². The summed E-state index contributed by atoms with van der Waals surface area (Å²) in [7, 11) is 1.53. The molecule has 1 aromatic heterocycles. The molecule has 0 atom stereocenters. The van der Waals surface area contributed by atoms with Crippen molar-refractivity contribution in [2.45, 2.75) is 12.8 Å². The second-order valence-electron chi connectivity index (χ2n) is 4.84. The molecule has 1 aliphatic heterocycles. The number of rotatable bonds is 3. The van der Waals surface area contributed by atoms with E-state index in [9.17, 15) is 4.39 Å². The van der Waals surface area contributed by atoms with Gasteiger partial charge < -0.3 is 15.4 Å². The second-order valence-corrected chi connectivity index (χ2v) is 4.84. The van der Waals surface area contributed by atoms with E-state index in [1.54, 1.807) is 18.2 Å². The fourth-order valence-corrected chi connectivity index (χ4v) is 2.41. The number of methoxy groups -OCH3 is 1. The van der Waals surface area contributed by atoms with E-state index in [-0.39, 0.29) is 5.82 Å². The maximum Gasteiger partial charge on any atom is 0.318 e. The lowest BCUT2D eigenvalue weighted by atomic mass is 10.1. The Kier molecular flexibility index (Phi) is 3.96. The van der Waals surface area contributed by atoms with E-state index >= 15 is 0 Å². The SMILES string of the molecule is COc1nc2c(c(Nc3ccccc3F)n1)CCNCC2. The number of hydrogen-bond acceptors (Lipinski definition) is 5. The van der Waals surface area contributed by atoms with Gasteiger partial charge >= 0.3 is 6.01 Å². The van der Waals surface area contributed by atoms with Crippen molar-refractivity contribution < 1.29 is 9.13 Å². The minimum absolute atomic E-state index is 0.300. The molecule has 6 heteroatoms. The predicted octanol–water partition coefficient (Wildman–Crippen LogP) is 2.06. The highest BCUT2D eigenvalue weighted by molar-refractivity contribution is 5.61. The number of fused-ring (bicyclic) bond motifs is 1. The maximum absolute atomic E-state index is 13.8. The molecule has 0 bridgehead atoms. The van der Waals surface area contributed by atoms with E-state index in [1.807, 2.05) is 0 Å². The standard InChI is InChI=1S/C15H17FN4O/c1-21-15-19-12-7-9-17-8-6-10(12)14(20-15)18-13-5-3-2-4-11(13)16/h2-5,17H,6-9H2,1H3,(H,18,19,20). The van der Waals surface area contributed by atoms with Crippen molar-refractivity contribution >= 4 is 11.5 Å². The summed E-state index contributed by atoms with van der Waals surface area (Å²) in [6.45, 7) is 1.72. The van der Waals surface area contributed by atoms with E-state index in [4.69, 9.17) is 4.74 Å². The first-order valence-corrected chi connectivity index (χ1v) is 6.94. The summed E-state index contributed by atoms with van der Waals surface area (Å²) in [6, 6.07) is 6.84. The average molecular weight is 288 g/mol. The van der Waals surface area contributed by atoms with Crippen LogP contribution in [-0.4, -0.2) is 30.2 Å². The van der Waals surface area contributed by atoms with E-state index < -0.39 is 0 Å². The number of halogens is 1. The molecule has 0 saturated heterocycles. The molecule has 21 heavy (non-hydrogen) atoms. The third-order valence-corrected chi connectivity index (χ3v) is 3.47. The van der Waals surface area contributed by atoms with Crippen LogP contribution in [0, 0.1) is 5.82 Å². The van der Waals surface area contributed by atoms with Crippen LogP contribution in [0.3, 0.4) is 0 Å². The van der Waals surface area contributed by atoms with E-state index in [2.05, 4.69) is 20.6 Å². The first-order chi connectivity index (χ1) is 10.3. The van der Waals surface area contributed by atoms with Gasteiger partial charge in [0.05, 0.1) is 18.5 Å². The zero-order valence-electron chi connectivity index (χ0n) is 11.8. The molecular weight excluding hydrogens is 271 g/mol. The molecule has 0 unspecified atom stereocenters. The van der Waals surface area contributed by atoms with Crippen LogP contribution in [-0.2, 0) is 12.8 Å². The molecule has 0 radical (unpaired) electrons. The van der Waals surface area contributed by atoms with Crippen molar-refractivity contribution in [3.8, 4) is 6.01 Å². The number of ether oxygens (including phenoxy) is 1. The number of nitrogens with zero attached hydrogens (tertiary/aromatic N) is 2. The lowest BCUT2D eigenvalue weighted by Gasteiger charge is -2.14. The largest absolute Gasteiger partial charge is 0.467 e. The topological polar surface area (TPSA) is 59.1 Å². The third-order valence-electron chi connectivity index (χ3n) is 3.47. The number of nitrogens with one attached hydrogen (secondary N) is 2. The van der Waals surface area contributed by atoms with Crippen LogP contribution < -0.4 is 15.4 Å². The van der Waals surface area contributed by atoms with Crippen molar-refractivity contribution in [3.05, 3.63) is 41.3 Å². The average Bonchev–Trinajstić information content (AvgIpc) is 2.74. The van der Waals surface area contributed by atoms with E-state index in [1.165, 1.54) is 13.2 Å². The fourth-order valence-electron chi connectivity index (χ4n) is 2.41. The van der Waals surface area contributed by atoms with Crippen LogP contribution in [0.25, 0.3) is 0 Å². The minimum atomic E-state index is -0.310. The zero-order chi connectivity index (χ0) is 14.7. The van der Waals surface area contributed by atoms with Gasteiger partial charge in [0.15, 0.2) is 0 Å². The molecule has 1 aliphatic rings. The summed E-state index contributed by atoms with van der Waals surface area (Å²) in [5.41, 5.74) is 2.37. The molecule has 3 rings (SSSR count). The Labute approximate surface area is 122 Å². The van der Waals surface area contributed by atoms with Crippen LogP contribution >= 0.6 is 0 Å². The Bertz CT molecular complexity index is 648. The first kappa shape index (κ1) is 13.8. The molecule has 2 N–H and O–H groups in total. The Morgan fingerprint density at radius 3 is 2.81 bits per heavy atom. The van der Waals surface area contributed by atoms with Crippen LogP contribution in [0.1, 0.15) is 11.3 Å². The fraction of sp³-hybridized carbons (Fsp3) is 0.333. The number of hydrogen-bond donors (Lipinski definition) is 2. The van der Waals surface area contributed by atoms with Crippen molar-refractivity contribution in [2.24, 2.45) is 0 Å². The molecule has 2 heterocycles. The zero-order valence-corrected chi connectivity index (χ0v) is 11.8. The van der Waals surface area contributed by atoms with Crippen molar-refractivity contribution in [2.75, 3.05) is 25.5 Å². The van der Waals surface area contributed by atoms with Gasteiger partial charge in [-0.25, -0.2) is 4.39 Å². The van der Waals surface area contributed by atoms with Gasteiger partial charge in [-0.15, -0.1) is 0 Å². The lowest BCUT2D eigenvalue weighted by Crippen LogP contribution is -2.16. The summed E-state index contributed by atoms with van der Waals surface area (Å²) < 4.78 is 19.0. The molecule has 0 spiro atoms. The number of aromatic nitrogens is 2. The van der Waals surface area contributed by atoms with Gasteiger partial charge in [0.25, 0.3) is 0 Å². The number of benzene rings is 1. The summed E-state index contributed by atoms with van der Waals surface area (Å²) in [5.74, 6) is 0.307. The third kappa shape index (κ3) is 2.95. The second kappa shape index (κ2) is 6.05. The van der Waals surface area contributed by atoms with Gasteiger partial charge in [0.1, 0.15) is 11.6 Å². The molecule has 0 fully saturated rings. The smallest absolute Gasteiger partial charge is 0.318 e. The van der Waals surface area contributed by atoms with Crippen molar-refractivity contribution in [1.29, 1.82) is 0 Å². The molecule has 0 amide bonds. The van der Waals surface area contributed by atoms with Gasteiger partial charge in [0, 0.05) is 18.5 Å². The highest BCUT2D eigenvalue weighted by Gasteiger charge is 2.17. The molecular formula is C15H17FN4O. The maximum atomic E-state index is 13.8. The molecule has 1 aromatic carbocycles. The number of para-hydroxylation sites is 1. The highest BCUT2D eigenvalue weighted by Crippen LogP contribution is 2.26. The van der Waals surface area contributed by atoms with Gasteiger partial charge in [-0.05, 0) is 25.1 Å². The van der Waals surface area contributed by atoms with E-state index in [0.29, 0.717) is 17.5 Å². The predicted molar refractivity (Wildman–Crippen MR) is 78.5 cm³/mol. The summed E-state index contributed by atoms with van der Waals surface area (Å²) >= 11 is 0. The van der Waals surface area contributed by atoms with Crippen molar-refractivity contribution in [1.82, 2.24) is 15.3 Å². The Hall–Kier alpha value is -2.21. The monoisotopic (exact) mass is 288 g/mol. The summed E-state index contributed by atoms with van der Waals surface area (Å²) in [6.07, 6.45) is 1.61. The molecule has 0 aliphatic carbocycles. The lowest BCUT2D eigenvalue weighted by molar-refractivity contribution is 0.378. The molecule has 2 aromatic rings. The minimum Gasteiger partial charge on any atom is -0.467 e. The molecule has 5 nitrogen and oxygen atoms in total. The van der Waals surface area contributed by atoms with Crippen LogP contribution in [0.15, 0.2) is 24.3 Å². The van der Waals surface area contributed by atoms with Crippen molar-refractivity contribution in [3.63, 3.8) is 0 Å². The normalized spacial score (nSPS) is 14.2. The van der Waals surface area contributed by atoms with Gasteiger partial charge in [-0.2, -0.15) is 9.97 Å². The summed E-state index contributed by atoms with van der Waals surface area (Å²) in [5, 5.41) is 6.39. The van der Waals surface area contributed by atoms with Crippen LogP contribution in [0.2, 0.25) is 0 Å². The molecule has 110 valence electrons. The quantitative estimate of drug-likeness (QED) is 0.905. The molecule has 0 saturated carbocycles. The Morgan fingerprint density at radius 2 is 2.00 bits per heavy atom. The Morgan fingerprint density at radius 1 is 1.19 bits per heavy atom. The van der Waals surface area contributed by atoms with Crippen LogP contribution in [0.5, 0.6) is 6.01 Å². The highest BCUT2D eigenvalue weighted by atomic mass is 19.1. The Balaban J connectivity index is 2.02. The van der Waals surface area contributed by atoms with Gasteiger partial charge in [0.2, 0.25) is 0 Å². The van der Waals surface area contributed by atoms with Gasteiger partial charge in [-0.1, -0.05) is 12.1 Å². The first-order valence-electron chi connectivity index (χ1n) is 6.94.